The summed E-state index contributed by atoms with van der Waals surface area (Å²) < 4.78 is 5.62. The molecule has 102 valence electrons. The molecule has 0 aliphatic rings. The Bertz CT molecular complexity index is 195. The first kappa shape index (κ1) is 16.5. The first-order chi connectivity index (χ1) is 8.18. The molecule has 3 nitrogen and oxygen atoms in total. The van der Waals surface area contributed by atoms with E-state index in [1.165, 1.54) is 5.82 Å². The van der Waals surface area contributed by atoms with Gasteiger partial charge in [-0.2, -0.15) is 0 Å². The Labute approximate surface area is 109 Å². The second kappa shape index (κ2) is 9.54. The average molecular weight is 258 g/mol. The van der Waals surface area contributed by atoms with Crippen LogP contribution in [0.2, 0.25) is 6.04 Å². The molecule has 0 saturated carbocycles. The smallest absolute Gasteiger partial charge is 0.203 e. The standard InChI is InChI=1S/C13H30N2OSi/c1-7-14(8-2)13(15(9-3)10-4)12-17(11-5)16-6/h12,17H,7-11H2,1-6H3. The Hall–Kier alpha value is -0.483. The van der Waals surface area contributed by atoms with Crippen LogP contribution in [0.15, 0.2) is 11.5 Å². The first-order valence-electron chi connectivity index (χ1n) is 6.92. The topological polar surface area (TPSA) is 15.7 Å². The summed E-state index contributed by atoms with van der Waals surface area (Å²) in [5, 5.41) is 0. The molecule has 17 heavy (non-hydrogen) atoms. The van der Waals surface area contributed by atoms with Gasteiger partial charge in [0.25, 0.3) is 0 Å². The summed E-state index contributed by atoms with van der Waals surface area (Å²) in [5.41, 5.74) is 2.40. The molecular weight excluding hydrogens is 228 g/mol. The molecule has 1 unspecified atom stereocenters. The van der Waals surface area contributed by atoms with Crippen molar-refractivity contribution in [1.29, 1.82) is 0 Å². The van der Waals surface area contributed by atoms with E-state index < -0.39 is 9.04 Å². The Morgan fingerprint density at radius 1 is 0.941 bits per heavy atom. The molecule has 0 aromatic heterocycles. The van der Waals surface area contributed by atoms with Crippen LogP contribution in [0.1, 0.15) is 34.6 Å². The predicted octanol–water partition coefficient (Wildman–Crippen LogP) is 2.44. The number of nitrogens with zero attached hydrogens (tertiary/aromatic N) is 2. The molecule has 0 radical (unpaired) electrons. The van der Waals surface area contributed by atoms with Crippen molar-refractivity contribution in [3.63, 3.8) is 0 Å². The van der Waals surface area contributed by atoms with Gasteiger partial charge in [0.2, 0.25) is 9.04 Å². The third-order valence-corrected chi connectivity index (χ3v) is 5.30. The van der Waals surface area contributed by atoms with Crippen LogP contribution in [-0.2, 0) is 4.43 Å². The van der Waals surface area contributed by atoms with Gasteiger partial charge in [-0.25, -0.2) is 0 Å². The quantitative estimate of drug-likeness (QED) is 0.591. The third kappa shape index (κ3) is 5.13. The summed E-state index contributed by atoms with van der Waals surface area (Å²) in [6.07, 6.45) is 0. The minimum Gasteiger partial charge on any atom is -0.419 e. The Balaban J connectivity index is 5.05. The van der Waals surface area contributed by atoms with Gasteiger partial charge < -0.3 is 14.2 Å². The zero-order chi connectivity index (χ0) is 13.3. The molecule has 0 aliphatic carbocycles. The molecule has 0 aromatic rings. The number of rotatable bonds is 9. The number of hydrogen-bond donors (Lipinski definition) is 0. The monoisotopic (exact) mass is 258 g/mol. The summed E-state index contributed by atoms with van der Waals surface area (Å²) in [6.45, 7) is 15.3. The van der Waals surface area contributed by atoms with Gasteiger partial charge in [-0.1, -0.05) is 6.92 Å². The van der Waals surface area contributed by atoms with E-state index in [9.17, 15) is 0 Å². The van der Waals surface area contributed by atoms with Gasteiger partial charge in [0.1, 0.15) is 0 Å². The Kier molecular flexibility index (Phi) is 9.27. The van der Waals surface area contributed by atoms with Crippen molar-refractivity contribution in [3.05, 3.63) is 11.5 Å². The maximum atomic E-state index is 5.62. The van der Waals surface area contributed by atoms with E-state index in [2.05, 4.69) is 50.1 Å². The van der Waals surface area contributed by atoms with E-state index in [1.807, 2.05) is 7.11 Å². The molecule has 0 aromatic carbocycles. The van der Waals surface area contributed by atoms with Crippen LogP contribution in [0.25, 0.3) is 0 Å². The number of hydrogen-bond acceptors (Lipinski definition) is 3. The van der Waals surface area contributed by atoms with Crippen molar-refractivity contribution in [1.82, 2.24) is 9.80 Å². The molecule has 0 N–H and O–H groups in total. The summed E-state index contributed by atoms with van der Waals surface area (Å²) in [5.74, 6) is 1.38. The summed E-state index contributed by atoms with van der Waals surface area (Å²) in [6, 6.07) is 1.16. The fraction of sp³-hybridized carbons (Fsp3) is 0.846. The maximum absolute atomic E-state index is 5.62. The second-order valence-electron chi connectivity index (χ2n) is 4.05. The summed E-state index contributed by atoms with van der Waals surface area (Å²) >= 11 is 0. The highest BCUT2D eigenvalue weighted by Gasteiger charge is 2.15. The summed E-state index contributed by atoms with van der Waals surface area (Å²) in [4.78, 5) is 4.86. The van der Waals surface area contributed by atoms with E-state index in [0.29, 0.717) is 0 Å². The molecule has 0 fully saturated rings. The molecule has 0 aliphatic heterocycles. The Morgan fingerprint density at radius 3 is 1.59 bits per heavy atom. The zero-order valence-corrected chi connectivity index (χ0v) is 13.6. The van der Waals surface area contributed by atoms with Crippen LogP contribution < -0.4 is 0 Å². The van der Waals surface area contributed by atoms with Crippen LogP contribution in [-0.4, -0.2) is 52.1 Å². The highest BCUT2D eigenvalue weighted by molar-refractivity contribution is 6.57. The lowest BCUT2D eigenvalue weighted by atomic mass is 10.4. The molecule has 1 atom stereocenters. The maximum Gasteiger partial charge on any atom is 0.203 e. The fourth-order valence-electron chi connectivity index (χ4n) is 2.02. The van der Waals surface area contributed by atoms with Crippen LogP contribution in [0, 0.1) is 0 Å². The Morgan fingerprint density at radius 2 is 1.35 bits per heavy atom. The lowest BCUT2D eigenvalue weighted by Crippen LogP contribution is -2.36. The average Bonchev–Trinajstić information content (AvgIpc) is 2.37. The largest absolute Gasteiger partial charge is 0.419 e. The SMILES string of the molecule is CCN(CC)C(=C[SiH](CC)OC)N(CC)CC. The molecule has 4 heteroatoms. The van der Waals surface area contributed by atoms with Gasteiger partial charge in [0.15, 0.2) is 0 Å². The predicted molar refractivity (Wildman–Crippen MR) is 78.6 cm³/mol. The third-order valence-electron chi connectivity index (χ3n) is 3.21. The minimum absolute atomic E-state index is 1.06. The van der Waals surface area contributed by atoms with Crippen molar-refractivity contribution >= 4 is 9.04 Å². The van der Waals surface area contributed by atoms with Crippen molar-refractivity contribution < 1.29 is 4.43 Å². The normalized spacial score (nSPS) is 12.1. The van der Waals surface area contributed by atoms with Crippen molar-refractivity contribution in [3.8, 4) is 0 Å². The van der Waals surface area contributed by atoms with Gasteiger partial charge in [0, 0.05) is 33.3 Å². The molecule has 0 amide bonds. The highest BCUT2D eigenvalue weighted by atomic mass is 28.3. The van der Waals surface area contributed by atoms with Gasteiger partial charge in [-0.3, -0.25) is 0 Å². The second-order valence-corrected chi connectivity index (χ2v) is 6.75. The van der Waals surface area contributed by atoms with Crippen molar-refractivity contribution in [2.75, 3.05) is 33.3 Å². The molecule has 0 rings (SSSR count). The van der Waals surface area contributed by atoms with Crippen LogP contribution >= 0.6 is 0 Å². The molecule has 0 spiro atoms. The van der Waals surface area contributed by atoms with E-state index in [-0.39, 0.29) is 0 Å². The fourth-order valence-corrected chi connectivity index (χ4v) is 3.48. The molecule has 0 bridgehead atoms. The lowest BCUT2D eigenvalue weighted by Gasteiger charge is -2.34. The molecule has 0 heterocycles. The van der Waals surface area contributed by atoms with Crippen molar-refractivity contribution in [2.24, 2.45) is 0 Å². The van der Waals surface area contributed by atoms with Gasteiger partial charge in [-0.05, 0) is 39.4 Å². The molecular formula is C13H30N2OSi. The van der Waals surface area contributed by atoms with Crippen LogP contribution in [0.3, 0.4) is 0 Å². The highest BCUT2D eigenvalue weighted by Crippen LogP contribution is 2.12. The van der Waals surface area contributed by atoms with Crippen LogP contribution in [0.5, 0.6) is 0 Å². The van der Waals surface area contributed by atoms with Crippen molar-refractivity contribution in [2.45, 2.75) is 40.7 Å². The lowest BCUT2D eigenvalue weighted by molar-refractivity contribution is 0.235. The van der Waals surface area contributed by atoms with E-state index in [0.717, 1.165) is 32.2 Å². The zero-order valence-electron chi connectivity index (χ0n) is 12.5. The van der Waals surface area contributed by atoms with Gasteiger partial charge >= 0.3 is 0 Å². The molecule has 0 saturated heterocycles. The van der Waals surface area contributed by atoms with E-state index >= 15 is 0 Å². The first-order valence-corrected chi connectivity index (χ1v) is 8.88. The van der Waals surface area contributed by atoms with Crippen LogP contribution in [0.4, 0.5) is 0 Å². The minimum atomic E-state index is -1.16. The van der Waals surface area contributed by atoms with Gasteiger partial charge in [0.05, 0.1) is 5.82 Å². The van der Waals surface area contributed by atoms with E-state index in [1.54, 1.807) is 0 Å². The van der Waals surface area contributed by atoms with Gasteiger partial charge in [-0.15, -0.1) is 0 Å². The van der Waals surface area contributed by atoms with E-state index in [4.69, 9.17) is 4.43 Å². The summed E-state index contributed by atoms with van der Waals surface area (Å²) in [7, 11) is 0.683.